The van der Waals surface area contributed by atoms with Gasteiger partial charge in [-0.1, -0.05) is 23.7 Å². The standard InChI is InChI=1S/C20H22ClFN2O3/c1-23(20(25)14-27-19-7-4-16(22)12-18(19)21)13-15-2-5-17(6-3-15)24-8-10-26-11-9-24/h2-7,12H,8-11,13-14H2,1H3. The lowest BCUT2D eigenvalue weighted by Gasteiger charge is -2.29. The number of hydrogen-bond acceptors (Lipinski definition) is 4. The molecule has 0 saturated carbocycles. The quantitative estimate of drug-likeness (QED) is 0.756. The number of carbonyl (C=O) groups excluding carboxylic acids is 1. The summed E-state index contributed by atoms with van der Waals surface area (Å²) in [7, 11) is 1.72. The van der Waals surface area contributed by atoms with E-state index in [0.717, 1.165) is 43.6 Å². The van der Waals surface area contributed by atoms with Gasteiger partial charge in [0.25, 0.3) is 5.91 Å². The molecule has 1 saturated heterocycles. The van der Waals surface area contributed by atoms with Crippen molar-refractivity contribution in [3.05, 3.63) is 58.9 Å². The highest BCUT2D eigenvalue weighted by Gasteiger charge is 2.14. The number of carbonyl (C=O) groups is 1. The van der Waals surface area contributed by atoms with Gasteiger partial charge in [-0.15, -0.1) is 0 Å². The smallest absolute Gasteiger partial charge is 0.260 e. The Morgan fingerprint density at radius 2 is 1.93 bits per heavy atom. The molecule has 1 aliphatic heterocycles. The predicted octanol–water partition coefficient (Wildman–Crippen LogP) is 3.35. The third-order valence-corrected chi connectivity index (χ3v) is 4.70. The molecule has 5 nitrogen and oxygen atoms in total. The van der Waals surface area contributed by atoms with E-state index in [1.165, 1.54) is 12.1 Å². The van der Waals surface area contributed by atoms with Crippen LogP contribution >= 0.6 is 11.6 Å². The predicted molar refractivity (Wildman–Crippen MR) is 103 cm³/mol. The van der Waals surface area contributed by atoms with E-state index in [0.29, 0.717) is 6.54 Å². The molecule has 0 N–H and O–H groups in total. The number of anilines is 1. The summed E-state index contributed by atoms with van der Waals surface area (Å²) in [6.07, 6.45) is 0. The number of morpholine rings is 1. The Balaban J connectivity index is 1.51. The number of benzene rings is 2. The minimum atomic E-state index is -0.448. The van der Waals surface area contributed by atoms with Crippen molar-refractivity contribution in [2.75, 3.05) is 44.9 Å². The van der Waals surface area contributed by atoms with E-state index in [1.54, 1.807) is 11.9 Å². The van der Waals surface area contributed by atoms with E-state index in [-0.39, 0.29) is 23.3 Å². The lowest BCUT2D eigenvalue weighted by atomic mass is 10.1. The highest BCUT2D eigenvalue weighted by Crippen LogP contribution is 2.25. The number of ether oxygens (including phenoxy) is 2. The highest BCUT2D eigenvalue weighted by atomic mass is 35.5. The summed E-state index contributed by atoms with van der Waals surface area (Å²) in [5, 5.41) is 0.143. The second kappa shape index (κ2) is 9.06. The molecule has 1 fully saturated rings. The average molecular weight is 393 g/mol. The summed E-state index contributed by atoms with van der Waals surface area (Å²) >= 11 is 5.90. The van der Waals surface area contributed by atoms with Crippen molar-refractivity contribution >= 4 is 23.2 Å². The Kier molecular flexibility index (Phi) is 6.53. The van der Waals surface area contributed by atoms with Gasteiger partial charge in [-0.2, -0.15) is 0 Å². The molecule has 144 valence electrons. The first-order valence-electron chi connectivity index (χ1n) is 8.76. The first kappa shape index (κ1) is 19.5. The van der Waals surface area contributed by atoms with Crippen molar-refractivity contribution in [1.29, 1.82) is 0 Å². The van der Waals surface area contributed by atoms with E-state index in [9.17, 15) is 9.18 Å². The van der Waals surface area contributed by atoms with E-state index >= 15 is 0 Å². The second-order valence-electron chi connectivity index (χ2n) is 6.38. The molecule has 3 rings (SSSR count). The van der Waals surface area contributed by atoms with Crippen LogP contribution in [0.25, 0.3) is 0 Å². The number of nitrogens with zero attached hydrogens (tertiary/aromatic N) is 2. The summed E-state index contributed by atoms with van der Waals surface area (Å²) in [5.74, 6) is -0.348. The van der Waals surface area contributed by atoms with E-state index in [4.69, 9.17) is 21.1 Å². The maximum Gasteiger partial charge on any atom is 0.260 e. The minimum Gasteiger partial charge on any atom is -0.482 e. The van der Waals surface area contributed by atoms with Crippen LogP contribution in [0.3, 0.4) is 0 Å². The number of rotatable bonds is 6. The highest BCUT2D eigenvalue weighted by molar-refractivity contribution is 6.32. The molecule has 0 radical (unpaired) electrons. The molecule has 0 bridgehead atoms. The molecule has 1 heterocycles. The monoisotopic (exact) mass is 392 g/mol. The third-order valence-electron chi connectivity index (χ3n) is 4.40. The van der Waals surface area contributed by atoms with Crippen LogP contribution in [-0.2, 0) is 16.1 Å². The largest absolute Gasteiger partial charge is 0.482 e. The lowest BCUT2D eigenvalue weighted by molar-refractivity contribution is -0.132. The minimum absolute atomic E-state index is 0.143. The van der Waals surface area contributed by atoms with Gasteiger partial charge in [0.15, 0.2) is 6.61 Å². The Labute approximate surface area is 163 Å². The summed E-state index contributed by atoms with van der Waals surface area (Å²) < 4.78 is 23.8. The maximum atomic E-state index is 13.0. The summed E-state index contributed by atoms with van der Waals surface area (Å²) in [6, 6.07) is 12.0. The molecule has 1 aliphatic rings. The summed E-state index contributed by atoms with van der Waals surface area (Å²) in [6.45, 7) is 3.59. The number of amides is 1. The van der Waals surface area contributed by atoms with E-state index in [2.05, 4.69) is 17.0 Å². The zero-order valence-corrected chi connectivity index (χ0v) is 15.9. The molecular formula is C20H22ClFN2O3. The fourth-order valence-electron chi connectivity index (χ4n) is 2.84. The third kappa shape index (κ3) is 5.34. The number of likely N-dealkylation sites (N-methyl/N-ethyl adjacent to an activating group) is 1. The van der Waals surface area contributed by atoms with Crippen molar-refractivity contribution in [3.8, 4) is 5.75 Å². The number of halogens is 2. The van der Waals surface area contributed by atoms with Gasteiger partial charge in [0.2, 0.25) is 0 Å². The Morgan fingerprint density at radius 1 is 1.22 bits per heavy atom. The second-order valence-corrected chi connectivity index (χ2v) is 6.79. The fourth-order valence-corrected chi connectivity index (χ4v) is 3.06. The number of hydrogen-bond donors (Lipinski definition) is 0. The molecule has 0 spiro atoms. The van der Waals surface area contributed by atoms with Gasteiger partial charge in [-0.25, -0.2) is 4.39 Å². The Morgan fingerprint density at radius 3 is 2.59 bits per heavy atom. The van der Waals surface area contributed by atoms with Crippen LogP contribution in [0, 0.1) is 5.82 Å². The van der Waals surface area contributed by atoms with E-state index < -0.39 is 5.82 Å². The molecule has 7 heteroatoms. The van der Waals surface area contributed by atoms with Gasteiger partial charge >= 0.3 is 0 Å². The van der Waals surface area contributed by atoms with Gasteiger partial charge < -0.3 is 19.3 Å². The molecular weight excluding hydrogens is 371 g/mol. The first-order chi connectivity index (χ1) is 13.0. The molecule has 0 aliphatic carbocycles. The van der Waals surface area contributed by atoms with Gasteiger partial charge in [-0.3, -0.25) is 4.79 Å². The topological polar surface area (TPSA) is 42.0 Å². The molecule has 2 aromatic carbocycles. The molecule has 27 heavy (non-hydrogen) atoms. The van der Waals surface area contributed by atoms with Crippen LogP contribution in [-0.4, -0.2) is 50.8 Å². The van der Waals surface area contributed by atoms with Crippen molar-refractivity contribution in [2.24, 2.45) is 0 Å². The fraction of sp³-hybridized carbons (Fsp3) is 0.350. The van der Waals surface area contributed by atoms with Crippen molar-refractivity contribution in [1.82, 2.24) is 4.90 Å². The van der Waals surface area contributed by atoms with Crippen LogP contribution in [0.1, 0.15) is 5.56 Å². The first-order valence-corrected chi connectivity index (χ1v) is 9.14. The molecule has 0 aromatic heterocycles. The SMILES string of the molecule is CN(Cc1ccc(N2CCOCC2)cc1)C(=O)COc1ccc(F)cc1Cl. The van der Waals surface area contributed by atoms with Crippen molar-refractivity contribution < 1.29 is 18.7 Å². The van der Waals surface area contributed by atoms with Crippen LogP contribution < -0.4 is 9.64 Å². The molecule has 0 atom stereocenters. The zero-order valence-electron chi connectivity index (χ0n) is 15.2. The van der Waals surface area contributed by atoms with Gasteiger partial charge in [0.1, 0.15) is 11.6 Å². The molecule has 2 aromatic rings. The van der Waals surface area contributed by atoms with Crippen molar-refractivity contribution in [3.63, 3.8) is 0 Å². The van der Waals surface area contributed by atoms with Crippen molar-refractivity contribution in [2.45, 2.75) is 6.54 Å². The zero-order chi connectivity index (χ0) is 19.2. The normalized spacial score (nSPS) is 14.1. The average Bonchev–Trinajstić information content (AvgIpc) is 2.68. The lowest BCUT2D eigenvalue weighted by Crippen LogP contribution is -2.36. The Hall–Kier alpha value is -2.31. The Bertz CT molecular complexity index is 779. The van der Waals surface area contributed by atoms with Gasteiger partial charge in [0, 0.05) is 32.4 Å². The molecule has 1 amide bonds. The van der Waals surface area contributed by atoms with Gasteiger partial charge in [0.05, 0.1) is 18.2 Å². The van der Waals surface area contributed by atoms with Gasteiger partial charge in [-0.05, 0) is 35.9 Å². The van der Waals surface area contributed by atoms with Crippen LogP contribution in [0.15, 0.2) is 42.5 Å². The molecule has 0 unspecified atom stereocenters. The van der Waals surface area contributed by atoms with Crippen LogP contribution in [0.2, 0.25) is 5.02 Å². The summed E-state index contributed by atoms with van der Waals surface area (Å²) in [5.41, 5.74) is 2.19. The van der Waals surface area contributed by atoms with Crippen LogP contribution in [0.4, 0.5) is 10.1 Å². The summed E-state index contributed by atoms with van der Waals surface area (Å²) in [4.78, 5) is 16.1. The van der Waals surface area contributed by atoms with E-state index in [1.807, 2.05) is 12.1 Å². The van der Waals surface area contributed by atoms with Crippen LogP contribution in [0.5, 0.6) is 5.75 Å². The maximum absolute atomic E-state index is 13.0.